The van der Waals surface area contributed by atoms with E-state index in [1.807, 2.05) is 20.8 Å². The predicted molar refractivity (Wildman–Crippen MR) is 85.4 cm³/mol. The van der Waals surface area contributed by atoms with Crippen molar-refractivity contribution in [3.63, 3.8) is 0 Å². The minimum atomic E-state index is -0.491. The zero-order chi connectivity index (χ0) is 17.0. The van der Waals surface area contributed by atoms with Crippen molar-refractivity contribution < 1.29 is 19.1 Å². The maximum Gasteiger partial charge on any atom is 0.410 e. The highest BCUT2D eigenvalue weighted by Crippen LogP contribution is 2.30. The van der Waals surface area contributed by atoms with E-state index in [9.17, 15) is 9.59 Å². The lowest BCUT2D eigenvalue weighted by Gasteiger charge is -2.33. The van der Waals surface area contributed by atoms with Crippen molar-refractivity contribution in [1.29, 1.82) is 0 Å². The number of amides is 1. The smallest absolute Gasteiger partial charge is 0.410 e. The molecule has 6 nitrogen and oxygen atoms in total. The van der Waals surface area contributed by atoms with Gasteiger partial charge < -0.3 is 14.4 Å². The molecule has 0 atom stereocenters. The van der Waals surface area contributed by atoms with E-state index < -0.39 is 5.60 Å². The number of likely N-dealkylation sites (tertiary alicyclic amines) is 1. The van der Waals surface area contributed by atoms with Gasteiger partial charge in [-0.15, -0.1) is 0 Å². The summed E-state index contributed by atoms with van der Waals surface area (Å²) in [4.78, 5) is 29.8. The van der Waals surface area contributed by atoms with Gasteiger partial charge in [0, 0.05) is 25.5 Å². The van der Waals surface area contributed by atoms with E-state index in [2.05, 4.69) is 4.98 Å². The van der Waals surface area contributed by atoms with Gasteiger partial charge >= 0.3 is 12.1 Å². The molecule has 0 aromatic carbocycles. The van der Waals surface area contributed by atoms with E-state index in [0.717, 1.165) is 18.4 Å². The highest BCUT2D eigenvalue weighted by Gasteiger charge is 2.29. The standard InChI is InChI=1S/C17H24N2O4/c1-17(2,3)23-16(21)19-9-6-12(7-10-19)14-11-18-8-5-13(14)15(20)22-4/h5,8,11-12H,6-7,9-10H2,1-4H3. The average Bonchev–Trinajstić information content (AvgIpc) is 2.52. The van der Waals surface area contributed by atoms with E-state index in [0.29, 0.717) is 18.7 Å². The maximum atomic E-state index is 12.1. The Labute approximate surface area is 136 Å². The zero-order valence-electron chi connectivity index (χ0n) is 14.2. The summed E-state index contributed by atoms with van der Waals surface area (Å²) < 4.78 is 10.2. The number of pyridine rings is 1. The lowest BCUT2D eigenvalue weighted by Crippen LogP contribution is -2.41. The number of rotatable bonds is 2. The van der Waals surface area contributed by atoms with Crippen LogP contribution in [0.25, 0.3) is 0 Å². The molecule has 0 saturated carbocycles. The third-order valence-electron chi connectivity index (χ3n) is 3.84. The van der Waals surface area contributed by atoms with Crippen molar-refractivity contribution >= 4 is 12.1 Å². The topological polar surface area (TPSA) is 68.7 Å². The van der Waals surface area contributed by atoms with Crippen LogP contribution in [0.1, 0.15) is 55.5 Å². The second kappa shape index (κ2) is 6.98. The summed E-state index contributed by atoms with van der Waals surface area (Å²) in [5.41, 5.74) is 0.955. The normalized spacial score (nSPS) is 16.1. The van der Waals surface area contributed by atoms with Gasteiger partial charge in [0.05, 0.1) is 12.7 Å². The van der Waals surface area contributed by atoms with E-state index >= 15 is 0 Å². The Balaban J connectivity index is 2.03. The van der Waals surface area contributed by atoms with E-state index in [4.69, 9.17) is 9.47 Å². The number of carbonyl (C=O) groups is 2. The van der Waals surface area contributed by atoms with Crippen molar-refractivity contribution in [3.05, 3.63) is 29.6 Å². The minimum Gasteiger partial charge on any atom is -0.465 e. The molecule has 6 heteroatoms. The van der Waals surface area contributed by atoms with Crippen molar-refractivity contribution in [3.8, 4) is 0 Å². The molecule has 126 valence electrons. The predicted octanol–water partition coefficient (Wildman–Crippen LogP) is 2.98. The molecule has 0 spiro atoms. The summed E-state index contributed by atoms with van der Waals surface area (Å²) in [7, 11) is 1.37. The lowest BCUT2D eigenvalue weighted by atomic mass is 9.88. The first kappa shape index (κ1) is 17.2. The molecule has 0 bridgehead atoms. The molecule has 2 heterocycles. The third-order valence-corrected chi connectivity index (χ3v) is 3.84. The summed E-state index contributed by atoms with van der Waals surface area (Å²) in [6, 6.07) is 1.68. The Morgan fingerprint density at radius 3 is 2.48 bits per heavy atom. The average molecular weight is 320 g/mol. The fraction of sp³-hybridized carbons (Fsp3) is 0.588. The van der Waals surface area contributed by atoms with Crippen LogP contribution in [-0.4, -0.2) is 47.7 Å². The van der Waals surface area contributed by atoms with E-state index in [1.165, 1.54) is 7.11 Å². The summed E-state index contributed by atoms with van der Waals surface area (Å²) in [5.74, 6) is -0.159. The van der Waals surface area contributed by atoms with Gasteiger partial charge in [-0.3, -0.25) is 4.98 Å². The molecule has 0 aliphatic carbocycles. The molecular formula is C17H24N2O4. The molecule has 1 aromatic heterocycles. The number of esters is 1. The zero-order valence-corrected chi connectivity index (χ0v) is 14.2. The first-order chi connectivity index (χ1) is 10.8. The van der Waals surface area contributed by atoms with Crippen LogP contribution in [-0.2, 0) is 9.47 Å². The number of nitrogens with zero attached hydrogens (tertiary/aromatic N) is 2. The monoisotopic (exact) mass is 320 g/mol. The van der Waals surface area contributed by atoms with Crippen molar-refractivity contribution in [2.75, 3.05) is 20.2 Å². The van der Waals surface area contributed by atoms with Crippen molar-refractivity contribution in [2.45, 2.75) is 45.1 Å². The molecule has 1 aromatic rings. The molecule has 2 rings (SSSR count). The largest absolute Gasteiger partial charge is 0.465 e. The van der Waals surface area contributed by atoms with Crippen LogP contribution in [0.15, 0.2) is 18.5 Å². The Morgan fingerprint density at radius 2 is 1.91 bits per heavy atom. The van der Waals surface area contributed by atoms with E-state index in [1.54, 1.807) is 23.4 Å². The first-order valence-corrected chi connectivity index (χ1v) is 7.82. The number of hydrogen-bond donors (Lipinski definition) is 0. The Morgan fingerprint density at radius 1 is 1.26 bits per heavy atom. The molecule has 1 saturated heterocycles. The Kier molecular flexibility index (Phi) is 5.23. The van der Waals surface area contributed by atoms with Gasteiger partial charge in [-0.2, -0.15) is 0 Å². The Hall–Kier alpha value is -2.11. The highest BCUT2D eigenvalue weighted by atomic mass is 16.6. The number of carbonyl (C=O) groups excluding carboxylic acids is 2. The van der Waals surface area contributed by atoms with Gasteiger partial charge in [0.15, 0.2) is 0 Å². The van der Waals surface area contributed by atoms with Gasteiger partial charge in [0.2, 0.25) is 0 Å². The summed E-state index contributed by atoms with van der Waals surface area (Å²) in [6.07, 6.45) is 4.57. The number of ether oxygens (including phenoxy) is 2. The number of hydrogen-bond acceptors (Lipinski definition) is 5. The van der Waals surface area contributed by atoms with Crippen LogP contribution in [0.5, 0.6) is 0 Å². The van der Waals surface area contributed by atoms with Crippen LogP contribution >= 0.6 is 0 Å². The molecule has 1 amide bonds. The Bertz CT molecular complexity index is 572. The summed E-state index contributed by atoms with van der Waals surface area (Å²) >= 11 is 0. The first-order valence-electron chi connectivity index (χ1n) is 7.82. The van der Waals surface area contributed by atoms with Crippen LogP contribution in [0.3, 0.4) is 0 Å². The summed E-state index contributed by atoms with van der Waals surface area (Å²) in [6.45, 7) is 6.78. The molecule has 1 aliphatic rings. The maximum absolute atomic E-state index is 12.1. The van der Waals surface area contributed by atoms with Crippen molar-refractivity contribution in [2.24, 2.45) is 0 Å². The fourth-order valence-electron chi connectivity index (χ4n) is 2.73. The van der Waals surface area contributed by atoms with E-state index in [-0.39, 0.29) is 18.0 Å². The summed E-state index contributed by atoms with van der Waals surface area (Å²) in [5, 5.41) is 0. The SMILES string of the molecule is COC(=O)c1ccncc1C1CCN(C(=O)OC(C)(C)C)CC1. The molecule has 23 heavy (non-hydrogen) atoms. The van der Waals surface area contributed by atoms with Gasteiger partial charge in [-0.1, -0.05) is 0 Å². The van der Waals surface area contributed by atoms with Gasteiger partial charge in [0.25, 0.3) is 0 Å². The third kappa shape index (κ3) is 4.43. The molecular weight excluding hydrogens is 296 g/mol. The number of aromatic nitrogens is 1. The van der Waals surface area contributed by atoms with Gasteiger partial charge in [0.1, 0.15) is 5.60 Å². The van der Waals surface area contributed by atoms with Crippen molar-refractivity contribution in [1.82, 2.24) is 9.88 Å². The van der Waals surface area contributed by atoms with Gasteiger partial charge in [-0.05, 0) is 51.2 Å². The molecule has 0 N–H and O–H groups in total. The minimum absolute atomic E-state index is 0.191. The second-order valence-corrected chi connectivity index (χ2v) is 6.70. The fourth-order valence-corrected chi connectivity index (χ4v) is 2.73. The van der Waals surface area contributed by atoms with Crippen LogP contribution < -0.4 is 0 Å². The molecule has 0 unspecified atom stereocenters. The molecule has 0 radical (unpaired) electrons. The molecule has 1 aliphatic heterocycles. The number of methoxy groups -OCH3 is 1. The van der Waals surface area contributed by atoms with Gasteiger partial charge in [-0.25, -0.2) is 9.59 Å². The highest BCUT2D eigenvalue weighted by molar-refractivity contribution is 5.91. The van der Waals surface area contributed by atoms with Crippen LogP contribution in [0, 0.1) is 0 Å². The number of piperidine rings is 1. The molecule has 1 fully saturated rings. The van der Waals surface area contributed by atoms with Crippen LogP contribution in [0.2, 0.25) is 0 Å². The second-order valence-electron chi connectivity index (χ2n) is 6.70. The lowest BCUT2D eigenvalue weighted by molar-refractivity contribution is 0.0203. The van der Waals surface area contributed by atoms with Crippen LogP contribution in [0.4, 0.5) is 4.79 Å². The quantitative estimate of drug-likeness (QED) is 0.784.